The summed E-state index contributed by atoms with van der Waals surface area (Å²) in [6.45, 7) is 1.71. The number of hydrogen-bond donors (Lipinski definition) is 2. The van der Waals surface area contributed by atoms with Crippen LogP contribution in [-0.2, 0) is 9.53 Å². The van der Waals surface area contributed by atoms with Crippen LogP contribution >= 0.6 is 0 Å². The summed E-state index contributed by atoms with van der Waals surface area (Å²) in [6, 6.07) is 4.26. The number of rotatable bonds is 4. The van der Waals surface area contributed by atoms with Gasteiger partial charge in [-0.2, -0.15) is 0 Å². The number of methoxy groups -OCH3 is 1. The smallest absolute Gasteiger partial charge is 0.308 e. The first-order valence-electron chi connectivity index (χ1n) is 5.14. The molecule has 17 heavy (non-hydrogen) atoms. The third kappa shape index (κ3) is 3.51. The third-order valence-corrected chi connectivity index (χ3v) is 2.44. The fraction of sp³-hybridized carbons (Fsp3) is 0.417. The molecule has 4 nitrogen and oxygen atoms in total. The van der Waals surface area contributed by atoms with Gasteiger partial charge in [0.2, 0.25) is 0 Å². The molecule has 0 bridgehead atoms. The van der Waals surface area contributed by atoms with Crippen molar-refractivity contribution in [2.75, 3.05) is 7.11 Å². The van der Waals surface area contributed by atoms with Gasteiger partial charge in [-0.15, -0.1) is 0 Å². The van der Waals surface area contributed by atoms with E-state index in [0.717, 1.165) is 0 Å². The molecule has 0 aliphatic carbocycles. The van der Waals surface area contributed by atoms with Crippen LogP contribution in [0.3, 0.4) is 0 Å². The average Bonchev–Trinajstić information content (AvgIpc) is 2.28. The third-order valence-electron chi connectivity index (χ3n) is 2.44. The summed E-state index contributed by atoms with van der Waals surface area (Å²) < 4.78 is 17.8. The number of esters is 1. The van der Waals surface area contributed by atoms with Crippen LogP contribution < -0.4 is 0 Å². The zero-order valence-electron chi connectivity index (χ0n) is 9.68. The normalized spacial score (nSPS) is 14.2. The highest BCUT2D eigenvalue weighted by Gasteiger charge is 2.24. The zero-order chi connectivity index (χ0) is 13.0. The number of aliphatic hydroxyl groups excluding tert-OH is 2. The Bertz CT molecular complexity index is 405. The number of aryl methyl sites for hydroxylation is 1. The van der Waals surface area contributed by atoms with Crippen molar-refractivity contribution in [1.29, 1.82) is 0 Å². The second-order valence-electron chi connectivity index (χ2n) is 3.82. The van der Waals surface area contributed by atoms with Gasteiger partial charge in [0.05, 0.1) is 19.6 Å². The highest BCUT2D eigenvalue weighted by molar-refractivity contribution is 5.69. The van der Waals surface area contributed by atoms with Gasteiger partial charge >= 0.3 is 5.97 Å². The van der Waals surface area contributed by atoms with Crippen LogP contribution in [0, 0.1) is 12.7 Å². The maximum atomic E-state index is 13.5. The van der Waals surface area contributed by atoms with E-state index in [1.54, 1.807) is 13.0 Å². The van der Waals surface area contributed by atoms with Crippen LogP contribution in [0.25, 0.3) is 0 Å². The summed E-state index contributed by atoms with van der Waals surface area (Å²) in [5.41, 5.74) is 0.674. The fourth-order valence-corrected chi connectivity index (χ4v) is 1.45. The Balaban J connectivity index is 2.81. The second kappa shape index (κ2) is 5.75. The molecule has 0 aromatic heterocycles. The first-order chi connectivity index (χ1) is 7.95. The largest absolute Gasteiger partial charge is 0.469 e. The van der Waals surface area contributed by atoms with E-state index in [2.05, 4.69) is 4.74 Å². The quantitative estimate of drug-likeness (QED) is 0.776. The molecule has 2 atom stereocenters. The van der Waals surface area contributed by atoms with Crippen LogP contribution in [0.1, 0.15) is 23.7 Å². The van der Waals surface area contributed by atoms with Crippen molar-refractivity contribution >= 4 is 5.97 Å². The average molecular weight is 242 g/mol. The van der Waals surface area contributed by atoms with Crippen LogP contribution in [0.15, 0.2) is 18.2 Å². The summed E-state index contributed by atoms with van der Waals surface area (Å²) in [6.07, 6.45) is -3.22. The number of carbonyl (C=O) groups excluding carboxylic acids is 1. The molecule has 0 saturated heterocycles. The van der Waals surface area contributed by atoms with Gasteiger partial charge in [-0.25, -0.2) is 4.39 Å². The Morgan fingerprint density at radius 1 is 1.47 bits per heavy atom. The Kier molecular flexibility index (Phi) is 4.60. The molecule has 1 rings (SSSR count). The van der Waals surface area contributed by atoms with E-state index in [4.69, 9.17) is 0 Å². The molecule has 0 aliphatic rings. The Labute approximate surface area is 98.7 Å². The lowest BCUT2D eigenvalue weighted by atomic mass is 10.0. The number of hydrogen-bond acceptors (Lipinski definition) is 4. The van der Waals surface area contributed by atoms with E-state index < -0.39 is 24.0 Å². The van der Waals surface area contributed by atoms with Gasteiger partial charge in [-0.3, -0.25) is 4.79 Å². The molecule has 1 aromatic carbocycles. The van der Waals surface area contributed by atoms with Crippen molar-refractivity contribution < 1.29 is 24.1 Å². The van der Waals surface area contributed by atoms with Crippen LogP contribution in [0.2, 0.25) is 0 Å². The number of halogens is 1. The zero-order valence-corrected chi connectivity index (χ0v) is 9.68. The highest BCUT2D eigenvalue weighted by atomic mass is 19.1. The maximum Gasteiger partial charge on any atom is 0.308 e. The Morgan fingerprint density at radius 2 is 2.12 bits per heavy atom. The van der Waals surface area contributed by atoms with Gasteiger partial charge in [0.1, 0.15) is 11.9 Å². The molecule has 0 spiro atoms. The van der Waals surface area contributed by atoms with Gasteiger partial charge in [-0.05, 0) is 18.6 Å². The predicted octanol–water partition coefficient (Wildman–Crippen LogP) is 1.09. The summed E-state index contributed by atoms with van der Waals surface area (Å²) in [4.78, 5) is 10.9. The molecule has 0 radical (unpaired) electrons. The van der Waals surface area contributed by atoms with E-state index in [0.29, 0.717) is 5.56 Å². The SMILES string of the molecule is COC(=O)CC(O)C(O)c1ccc(C)cc1F. The van der Waals surface area contributed by atoms with E-state index >= 15 is 0 Å². The lowest BCUT2D eigenvalue weighted by Gasteiger charge is -2.17. The molecule has 5 heteroatoms. The number of ether oxygens (including phenoxy) is 1. The second-order valence-corrected chi connectivity index (χ2v) is 3.82. The van der Waals surface area contributed by atoms with Crippen molar-refractivity contribution in [3.05, 3.63) is 35.1 Å². The minimum Gasteiger partial charge on any atom is -0.469 e. The van der Waals surface area contributed by atoms with Crippen molar-refractivity contribution in [2.45, 2.75) is 25.6 Å². The maximum absolute atomic E-state index is 13.5. The summed E-state index contributed by atoms with van der Waals surface area (Å²) in [7, 11) is 1.17. The summed E-state index contributed by atoms with van der Waals surface area (Å²) in [5, 5.41) is 19.3. The number of aliphatic hydroxyl groups is 2. The van der Waals surface area contributed by atoms with Crippen LogP contribution in [0.5, 0.6) is 0 Å². The molecule has 1 aromatic rings. The molecular formula is C12H15FO4. The van der Waals surface area contributed by atoms with E-state index in [1.807, 2.05) is 0 Å². The molecule has 0 aliphatic heterocycles. The van der Waals surface area contributed by atoms with Gasteiger partial charge in [0, 0.05) is 5.56 Å². The Morgan fingerprint density at radius 3 is 2.65 bits per heavy atom. The molecule has 2 unspecified atom stereocenters. The van der Waals surface area contributed by atoms with Gasteiger partial charge in [0.15, 0.2) is 0 Å². The standard InChI is InChI=1S/C12H15FO4/c1-7-3-4-8(9(13)5-7)12(16)10(14)6-11(15)17-2/h3-5,10,12,14,16H,6H2,1-2H3. The number of carbonyl (C=O) groups is 1. The van der Waals surface area contributed by atoms with Crippen molar-refractivity contribution in [2.24, 2.45) is 0 Å². The van der Waals surface area contributed by atoms with Gasteiger partial charge in [0.25, 0.3) is 0 Å². The van der Waals surface area contributed by atoms with Crippen molar-refractivity contribution in [3.63, 3.8) is 0 Å². The lowest BCUT2D eigenvalue weighted by Crippen LogP contribution is -2.23. The summed E-state index contributed by atoms with van der Waals surface area (Å²) in [5.74, 6) is -1.27. The molecule has 2 N–H and O–H groups in total. The highest BCUT2D eigenvalue weighted by Crippen LogP contribution is 2.22. The first kappa shape index (κ1) is 13.6. The molecule has 94 valence electrons. The molecular weight excluding hydrogens is 227 g/mol. The topological polar surface area (TPSA) is 66.8 Å². The molecule has 0 heterocycles. The van der Waals surface area contributed by atoms with Crippen molar-refractivity contribution in [1.82, 2.24) is 0 Å². The number of benzene rings is 1. The Hall–Kier alpha value is -1.46. The van der Waals surface area contributed by atoms with Crippen LogP contribution in [-0.4, -0.2) is 29.4 Å². The minimum atomic E-state index is -1.45. The molecule has 0 saturated carbocycles. The fourth-order valence-electron chi connectivity index (χ4n) is 1.45. The van der Waals surface area contributed by atoms with E-state index in [9.17, 15) is 19.4 Å². The van der Waals surface area contributed by atoms with Crippen molar-refractivity contribution in [3.8, 4) is 0 Å². The monoisotopic (exact) mass is 242 g/mol. The lowest BCUT2D eigenvalue weighted by molar-refractivity contribution is -0.144. The summed E-state index contributed by atoms with van der Waals surface area (Å²) >= 11 is 0. The van der Waals surface area contributed by atoms with Crippen LogP contribution in [0.4, 0.5) is 4.39 Å². The molecule has 0 fully saturated rings. The predicted molar refractivity (Wildman–Crippen MR) is 58.7 cm³/mol. The molecule has 0 amide bonds. The van der Waals surface area contributed by atoms with Gasteiger partial charge < -0.3 is 14.9 Å². The minimum absolute atomic E-state index is 0.0352. The first-order valence-corrected chi connectivity index (χ1v) is 5.14. The van der Waals surface area contributed by atoms with Gasteiger partial charge in [-0.1, -0.05) is 12.1 Å². The van der Waals surface area contributed by atoms with E-state index in [1.165, 1.54) is 19.2 Å². The van der Waals surface area contributed by atoms with E-state index in [-0.39, 0.29) is 12.0 Å².